The van der Waals surface area contributed by atoms with Crippen LogP contribution in [0.25, 0.3) is 0 Å². The van der Waals surface area contributed by atoms with Gasteiger partial charge in [-0.1, -0.05) is 0 Å². The molecule has 0 saturated carbocycles. The van der Waals surface area contributed by atoms with Gasteiger partial charge in [0.2, 0.25) is 0 Å². The normalized spacial score (nSPS) is 26.8. The molecule has 1 atom stereocenters. The van der Waals surface area contributed by atoms with Crippen molar-refractivity contribution in [3.8, 4) is 0 Å². The van der Waals surface area contributed by atoms with Crippen LogP contribution >= 0.6 is 27.3 Å². The average Bonchev–Trinajstić information content (AvgIpc) is 3.01. The lowest BCUT2D eigenvalue weighted by molar-refractivity contribution is 0.170. The highest BCUT2D eigenvalue weighted by molar-refractivity contribution is 9.11. The number of hydrogen-bond donors (Lipinski definition) is 1. The first-order valence-corrected chi connectivity index (χ1v) is 8.19. The molecule has 100 valence electrons. The maximum absolute atomic E-state index is 4.42. The Morgan fingerprint density at radius 3 is 2.94 bits per heavy atom. The van der Waals surface area contributed by atoms with Crippen molar-refractivity contribution in [2.45, 2.75) is 19.0 Å². The first-order chi connectivity index (χ1) is 8.81. The van der Waals surface area contributed by atoms with Gasteiger partial charge in [0.05, 0.1) is 16.5 Å². The van der Waals surface area contributed by atoms with Crippen molar-refractivity contribution in [2.75, 3.05) is 39.3 Å². The van der Waals surface area contributed by atoms with E-state index in [1.165, 1.54) is 37.6 Å². The van der Waals surface area contributed by atoms with Gasteiger partial charge in [0.25, 0.3) is 0 Å². The fraction of sp³-hybridized carbons (Fsp3) is 0.750. The van der Waals surface area contributed by atoms with Crippen molar-refractivity contribution in [1.82, 2.24) is 20.1 Å². The van der Waals surface area contributed by atoms with E-state index in [4.69, 9.17) is 0 Å². The molecule has 1 unspecified atom stereocenters. The minimum absolute atomic E-state index is 0.760. The Bertz CT molecular complexity index is 391. The molecule has 6 heteroatoms. The molecular formula is C12H19BrN4S. The topological polar surface area (TPSA) is 31.4 Å². The van der Waals surface area contributed by atoms with Crippen LogP contribution in [0.5, 0.6) is 0 Å². The molecule has 0 aromatic carbocycles. The number of thiazole rings is 1. The monoisotopic (exact) mass is 330 g/mol. The van der Waals surface area contributed by atoms with Gasteiger partial charge in [-0.05, 0) is 22.4 Å². The minimum Gasteiger partial charge on any atom is -0.314 e. The summed E-state index contributed by atoms with van der Waals surface area (Å²) in [5.74, 6) is 0. The summed E-state index contributed by atoms with van der Waals surface area (Å²) in [5.41, 5.74) is 0. The van der Waals surface area contributed by atoms with Gasteiger partial charge in [-0.3, -0.25) is 9.80 Å². The van der Waals surface area contributed by atoms with Gasteiger partial charge in [-0.15, -0.1) is 11.3 Å². The average molecular weight is 331 g/mol. The van der Waals surface area contributed by atoms with E-state index in [1.54, 1.807) is 11.3 Å². The number of nitrogens with zero attached hydrogens (tertiary/aromatic N) is 3. The number of likely N-dealkylation sites (tertiary alicyclic amines) is 1. The molecule has 0 bridgehead atoms. The lowest BCUT2D eigenvalue weighted by Crippen LogP contribution is -2.49. The number of aromatic nitrogens is 1. The number of piperazine rings is 1. The summed E-state index contributed by atoms with van der Waals surface area (Å²) in [6.45, 7) is 8.15. The third kappa shape index (κ3) is 3.11. The zero-order chi connectivity index (χ0) is 12.4. The second-order valence-electron chi connectivity index (χ2n) is 5.02. The van der Waals surface area contributed by atoms with Gasteiger partial charge in [0.1, 0.15) is 5.01 Å². The molecule has 2 saturated heterocycles. The van der Waals surface area contributed by atoms with Crippen LogP contribution in [0.1, 0.15) is 11.4 Å². The van der Waals surface area contributed by atoms with Crippen molar-refractivity contribution in [1.29, 1.82) is 0 Å². The van der Waals surface area contributed by atoms with Crippen molar-refractivity contribution < 1.29 is 0 Å². The fourth-order valence-corrected chi connectivity index (χ4v) is 4.20. The van der Waals surface area contributed by atoms with Gasteiger partial charge < -0.3 is 5.32 Å². The van der Waals surface area contributed by atoms with E-state index >= 15 is 0 Å². The molecule has 0 aliphatic carbocycles. The van der Waals surface area contributed by atoms with Gasteiger partial charge in [0, 0.05) is 45.3 Å². The molecule has 0 radical (unpaired) electrons. The maximum Gasteiger partial charge on any atom is 0.108 e. The Morgan fingerprint density at radius 1 is 1.39 bits per heavy atom. The van der Waals surface area contributed by atoms with E-state index < -0.39 is 0 Å². The lowest BCUT2D eigenvalue weighted by atomic mass is 10.2. The van der Waals surface area contributed by atoms with Crippen molar-refractivity contribution >= 4 is 27.3 Å². The molecule has 2 fully saturated rings. The summed E-state index contributed by atoms with van der Waals surface area (Å²) in [6.07, 6.45) is 3.22. The number of halogens is 1. The van der Waals surface area contributed by atoms with Crippen LogP contribution in [0.4, 0.5) is 0 Å². The summed E-state index contributed by atoms with van der Waals surface area (Å²) in [5, 5.41) is 4.65. The molecular weight excluding hydrogens is 312 g/mol. The summed E-state index contributed by atoms with van der Waals surface area (Å²) < 4.78 is 1.13. The van der Waals surface area contributed by atoms with E-state index in [-0.39, 0.29) is 0 Å². The van der Waals surface area contributed by atoms with Gasteiger partial charge in [0.15, 0.2) is 0 Å². The predicted octanol–water partition coefficient (Wildman–Crippen LogP) is 1.39. The molecule has 2 aliphatic heterocycles. The van der Waals surface area contributed by atoms with Gasteiger partial charge in [-0.25, -0.2) is 4.98 Å². The first kappa shape index (κ1) is 13.0. The zero-order valence-electron chi connectivity index (χ0n) is 10.4. The number of hydrogen-bond acceptors (Lipinski definition) is 5. The molecule has 18 heavy (non-hydrogen) atoms. The van der Waals surface area contributed by atoms with Gasteiger partial charge in [-0.2, -0.15) is 0 Å². The number of nitrogens with one attached hydrogen (secondary N) is 1. The molecule has 3 rings (SSSR count). The summed E-state index contributed by atoms with van der Waals surface area (Å²) in [6, 6.07) is 0.760. The van der Waals surface area contributed by atoms with E-state index in [0.29, 0.717) is 0 Å². The van der Waals surface area contributed by atoms with Crippen LogP contribution in [-0.4, -0.2) is 60.1 Å². The Hall–Kier alpha value is -0.0100. The molecule has 0 amide bonds. The third-order valence-electron chi connectivity index (χ3n) is 3.80. The second-order valence-corrected chi connectivity index (χ2v) is 7.52. The van der Waals surface area contributed by atoms with Crippen LogP contribution in [0.3, 0.4) is 0 Å². The highest BCUT2D eigenvalue weighted by atomic mass is 79.9. The van der Waals surface area contributed by atoms with Crippen LogP contribution in [0.15, 0.2) is 9.98 Å². The third-order valence-corrected chi connectivity index (χ3v) is 5.26. The Morgan fingerprint density at radius 2 is 2.22 bits per heavy atom. The maximum atomic E-state index is 4.42. The van der Waals surface area contributed by atoms with Crippen molar-refractivity contribution in [3.05, 3.63) is 15.0 Å². The van der Waals surface area contributed by atoms with E-state index in [1.807, 2.05) is 6.20 Å². The summed E-state index contributed by atoms with van der Waals surface area (Å²) >= 11 is 5.23. The smallest absolute Gasteiger partial charge is 0.108 e. The molecule has 1 N–H and O–H groups in total. The molecule has 0 spiro atoms. The van der Waals surface area contributed by atoms with E-state index in [0.717, 1.165) is 29.5 Å². The number of rotatable bonds is 3. The van der Waals surface area contributed by atoms with Crippen LogP contribution < -0.4 is 5.32 Å². The molecule has 1 aromatic rings. The molecule has 3 heterocycles. The highest BCUT2D eigenvalue weighted by Gasteiger charge is 2.28. The van der Waals surface area contributed by atoms with Crippen LogP contribution in [-0.2, 0) is 6.54 Å². The summed E-state index contributed by atoms with van der Waals surface area (Å²) in [7, 11) is 0. The predicted molar refractivity (Wildman–Crippen MR) is 77.9 cm³/mol. The van der Waals surface area contributed by atoms with E-state index in [9.17, 15) is 0 Å². The first-order valence-electron chi connectivity index (χ1n) is 6.58. The molecule has 2 aliphatic rings. The van der Waals surface area contributed by atoms with Crippen LogP contribution in [0, 0.1) is 0 Å². The Labute approximate surface area is 121 Å². The highest BCUT2D eigenvalue weighted by Crippen LogP contribution is 2.23. The summed E-state index contributed by atoms with van der Waals surface area (Å²) in [4.78, 5) is 9.61. The SMILES string of the molecule is Brc1cnc(CN2CCC(N3CCNCC3)C2)s1. The standard InChI is InChI=1S/C12H19BrN4S/c13-11-7-15-12(18-11)9-16-4-1-10(8-16)17-5-2-14-3-6-17/h7,10,14H,1-6,8-9H2. The molecule has 1 aromatic heterocycles. The minimum atomic E-state index is 0.760. The lowest BCUT2D eigenvalue weighted by Gasteiger charge is -2.32. The largest absolute Gasteiger partial charge is 0.314 e. The van der Waals surface area contributed by atoms with Crippen molar-refractivity contribution in [3.63, 3.8) is 0 Å². The fourth-order valence-electron chi connectivity index (χ4n) is 2.85. The second kappa shape index (κ2) is 5.96. The van der Waals surface area contributed by atoms with Crippen LogP contribution in [0.2, 0.25) is 0 Å². The zero-order valence-corrected chi connectivity index (χ0v) is 12.8. The quantitative estimate of drug-likeness (QED) is 0.907. The van der Waals surface area contributed by atoms with Gasteiger partial charge >= 0.3 is 0 Å². The van der Waals surface area contributed by atoms with Crippen molar-refractivity contribution in [2.24, 2.45) is 0 Å². The van der Waals surface area contributed by atoms with E-state index in [2.05, 4.69) is 36.0 Å². The Kier molecular flexibility index (Phi) is 4.31. The molecule has 4 nitrogen and oxygen atoms in total. The Balaban J connectivity index is 1.51.